The van der Waals surface area contributed by atoms with Gasteiger partial charge in [0.05, 0.1) is 10.7 Å². The minimum atomic E-state index is -0.188. The fraction of sp³-hybridized carbons (Fsp3) is 0.0714. The van der Waals surface area contributed by atoms with Crippen molar-refractivity contribution in [2.24, 2.45) is 0 Å². The lowest BCUT2D eigenvalue weighted by Crippen LogP contribution is -2.18. The minimum Gasteiger partial charge on any atom is -0.300 e. The highest BCUT2D eigenvalue weighted by atomic mass is 35.5. The Kier molecular flexibility index (Phi) is 4.42. The Morgan fingerprint density at radius 3 is 2.95 bits per heavy atom. The Balaban J connectivity index is 1.72. The standard InChI is InChI=1S/C14H10Cl2N4OS/c15-9-2-3-10(11(16)6-9)12-8-22-14(18-12)19-13(21)7-20-5-1-4-17-20/h1-6,8H,7H2,(H,18,19,21). The Labute approximate surface area is 140 Å². The second-order valence-corrected chi connectivity index (χ2v) is 6.12. The molecule has 0 bridgehead atoms. The van der Waals surface area contributed by atoms with Gasteiger partial charge in [-0.2, -0.15) is 5.10 Å². The maximum atomic E-state index is 11.9. The van der Waals surface area contributed by atoms with E-state index in [1.807, 2.05) is 5.38 Å². The van der Waals surface area contributed by atoms with Crippen LogP contribution in [0.5, 0.6) is 0 Å². The Morgan fingerprint density at radius 1 is 1.36 bits per heavy atom. The average molecular weight is 353 g/mol. The van der Waals surface area contributed by atoms with Gasteiger partial charge in [-0.15, -0.1) is 11.3 Å². The number of hydrogen-bond donors (Lipinski definition) is 1. The van der Waals surface area contributed by atoms with Crippen molar-refractivity contribution in [3.8, 4) is 11.3 Å². The van der Waals surface area contributed by atoms with Crippen molar-refractivity contribution >= 4 is 45.6 Å². The van der Waals surface area contributed by atoms with Crippen molar-refractivity contribution in [1.29, 1.82) is 0 Å². The summed E-state index contributed by atoms with van der Waals surface area (Å²) in [6.45, 7) is 0.142. The van der Waals surface area contributed by atoms with E-state index in [9.17, 15) is 4.79 Å². The molecule has 0 aliphatic heterocycles. The van der Waals surface area contributed by atoms with Gasteiger partial charge in [-0.05, 0) is 24.3 Å². The normalized spacial score (nSPS) is 10.6. The zero-order chi connectivity index (χ0) is 15.5. The highest BCUT2D eigenvalue weighted by molar-refractivity contribution is 7.14. The van der Waals surface area contributed by atoms with E-state index < -0.39 is 0 Å². The van der Waals surface area contributed by atoms with Crippen molar-refractivity contribution in [3.63, 3.8) is 0 Å². The molecule has 0 aliphatic rings. The predicted octanol–water partition coefficient (Wildman–Crippen LogP) is 3.95. The van der Waals surface area contributed by atoms with Gasteiger partial charge in [-0.1, -0.05) is 23.2 Å². The minimum absolute atomic E-state index is 0.142. The molecule has 1 amide bonds. The molecular formula is C14H10Cl2N4OS. The van der Waals surface area contributed by atoms with Gasteiger partial charge < -0.3 is 5.32 Å². The third-order valence-corrected chi connectivity index (χ3v) is 4.13. The smallest absolute Gasteiger partial charge is 0.247 e. The molecule has 0 saturated heterocycles. The van der Waals surface area contributed by atoms with E-state index in [1.165, 1.54) is 11.3 Å². The van der Waals surface area contributed by atoms with Gasteiger partial charge in [0.25, 0.3) is 0 Å². The number of benzene rings is 1. The first-order valence-corrected chi connectivity index (χ1v) is 7.93. The number of nitrogens with one attached hydrogen (secondary N) is 1. The first-order chi connectivity index (χ1) is 10.6. The van der Waals surface area contributed by atoms with E-state index >= 15 is 0 Å². The molecule has 0 atom stereocenters. The van der Waals surface area contributed by atoms with Crippen LogP contribution in [0.25, 0.3) is 11.3 Å². The van der Waals surface area contributed by atoms with Crippen LogP contribution in [0.1, 0.15) is 0 Å². The summed E-state index contributed by atoms with van der Waals surface area (Å²) in [6.07, 6.45) is 3.34. The lowest BCUT2D eigenvalue weighted by Gasteiger charge is -2.02. The molecule has 22 heavy (non-hydrogen) atoms. The molecule has 2 heterocycles. The lowest BCUT2D eigenvalue weighted by molar-refractivity contribution is -0.116. The zero-order valence-electron chi connectivity index (χ0n) is 11.2. The quantitative estimate of drug-likeness (QED) is 0.773. The molecule has 3 rings (SSSR count). The van der Waals surface area contributed by atoms with Crippen LogP contribution in [0, 0.1) is 0 Å². The van der Waals surface area contributed by atoms with E-state index in [0.717, 1.165) is 5.56 Å². The number of aromatic nitrogens is 3. The predicted molar refractivity (Wildman–Crippen MR) is 88.4 cm³/mol. The molecule has 0 radical (unpaired) electrons. The number of anilines is 1. The number of halogens is 2. The molecule has 8 heteroatoms. The van der Waals surface area contributed by atoms with Crippen LogP contribution in [0.4, 0.5) is 5.13 Å². The van der Waals surface area contributed by atoms with E-state index in [2.05, 4.69) is 15.4 Å². The van der Waals surface area contributed by atoms with E-state index in [4.69, 9.17) is 23.2 Å². The molecule has 1 aromatic carbocycles. The second-order valence-electron chi connectivity index (χ2n) is 4.41. The summed E-state index contributed by atoms with van der Waals surface area (Å²) in [5, 5.41) is 10.2. The lowest BCUT2D eigenvalue weighted by atomic mass is 10.2. The highest BCUT2D eigenvalue weighted by Crippen LogP contribution is 2.32. The van der Waals surface area contributed by atoms with Crippen LogP contribution < -0.4 is 5.32 Å². The van der Waals surface area contributed by atoms with E-state index in [1.54, 1.807) is 41.3 Å². The first kappa shape index (κ1) is 15.0. The summed E-state index contributed by atoms with van der Waals surface area (Å²) in [4.78, 5) is 16.3. The summed E-state index contributed by atoms with van der Waals surface area (Å²) in [7, 11) is 0. The van der Waals surface area contributed by atoms with Crippen LogP contribution in [0.3, 0.4) is 0 Å². The monoisotopic (exact) mass is 352 g/mol. The molecule has 0 aliphatic carbocycles. The summed E-state index contributed by atoms with van der Waals surface area (Å²) in [5.74, 6) is -0.188. The van der Waals surface area contributed by atoms with Crippen LogP contribution in [0.15, 0.2) is 42.0 Å². The fourth-order valence-electron chi connectivity index (χ4n) is 1.85. The molecule has 1 N–H and O–H groups in total. The van der Waals surface area contributed by atoms with Crippen LogP contribution in [-0.2, 0) is 11.3 Å². The molecule has 0 unspecified atom stereocenters. The molecule has 0 spiro atoms. The maximum Gasteiger partial charge on any atom is 0.247 e. The number of carbonyl (C=O) groups is 1. The van der Waals surface area contributed by atoms with Crippen molar-refractivity contribution < 1.29 is 4.79 Å². The third-order valence-electron chi connectivity index (χ3n) is 2.82. The highest BCUT2D eigenvalue weighted by Gasteiger charge is 2.11. The second kappa shape index (κ2) is 6.48. The maximum absolute atomic E-state index is 11.9. The molecule has 0 saturated carbocycles. The number of rotatable bonds is 4. The van der Waals surface area contributed by atoms with E-state index in [0.29, 0.717) is 20.9 Å². The van der Waals surface area contributed by atoms with Gasteiger partial charge in [-0.3, -0.25) is 9.48 Å². The molecule has 2 aromatic heterocycles. The van der Waals surface area contributed by atoms with Crippen LogP contribution >= 0.6 is 34.5 Å². The Morgan fingerprint density at radius 2 is 2.23 bits per heavy atom. The summed E-state index contributed by atoms with van der Waals surface area (Å²) < 4.78 is 1.54. The summed E-state index contributed by atoms with van der Waals surface area (Å²) in [5.41, 5.74) is 1.47. The molecule has 3 aromatic rings. The van der Waals surface area contributed by atoms with Crippen molar-refractivity contribution in [3.05, 3.63) is 52.1 Å². The van der Waals surface area contributed by atoms with E-state index in [-0.39, 0.29) is 12.5 Å². The zero-order valence-corrected chi connectivity index (χ0v) is 13.5. The Bertz CT molecular complexity index is 801. The van der Waals surface area contributed by atoms with Gasteiger partial charge in [0, 0.05) is 28.4 Å². The number of carbonyl (C=O) groups excluding carboxylic acids is 1. The SMILES string of the molecule is O=C(Cn1cccn1)Nc1nc(-c2ccc(Cl)cc2Cl)cs1. The number of hydrogen-bond acceptors (Lipinski definition) is 4. The molecular weight excluding hydrogens is 343 g/mol. The number of nitrogens with zero attached hydrogens (tertiary/aromatic N) is 3. The van der Waals surface area contributed by atoms with Crippen molar-refractivity contribution in [2.45, 2.75) is 6.54 Å². The van der Waals surface area contributed by atoms with Crippen LogP contribution in [-0.4, -0.2) is 20.7 Å². The first-order valence-electron chi connectivity index (χ1n) is 6.30. The van der Waals surface area contributed by atoms with Gasteiger partial charge in [0.2, 0.25) is 5.91 Å². The van der Waals surface area contributed by atoms with Gasteiger partial charge in [0.15, 0.2) is 5.13 Å². The van der Waals surface area contributed by atoms with Gasteiger partial charge >= 0.3 is 0 Å². The fourth-order valence-corrected chi connectivity index (χ4v) is 3.08. The average Bonchev–Trinajstić information content (AvgIpc) is 3.10. The van der Waals surface area contributed by atoms with Crippen molar-refractivity contribution in [1.82, 2.24) is 14.8 Å². The largest absolute Gasteiger partial charge is 0.300 e. The molecule has 112 valence electrons. The van der Waals surface area contributed by atoms with Crippen LogP contribution in [0.2, 0.25) is 10.0 Å². The molecule has 5 nitrogen and oxygen atoms in total. The van der Waals surface area contributed by atoms with Gasteiger partial charge in [-0.25, -0.2) is 4.98 Å². The summed E-state index contributed by atoms with van der Waals surface area (Å²) >= 11 is 13.4. The number of thiazole rings is 1. The number of amides is 1. The molecule has 0 fully saturated rings. The van der Waals surface area contributed by atoms with Gasteiger partial charge in [0.1, 0.15) is 6.54 Å². The Hall–Kier alpha value is -1.89. The summed E-state index contributed by atoms with van der Waals surface area (Å²) in [6, 6.07) is 6.97. The van der Waals surface area contributed by atoms with Crippen molar-refractivity contribution in [2.75, 3.05) is 5.32 Å². The third kappa shape index (κ3) is 3.47. The topological polar surface area (TPSA) is 59.8 Å².